The Hall–Kier alpha value is -1.06. The maximum atomic E-state index is 11.2. The average molecular weight is 199 g/mol. The van der Waals surface area contributed by atoms with E-state index in [0.717, 1.165) is 0 Å². The Labute approximate surface area is 83.7 Å². The van der Waals surface area contributed by atoms with E-state index in [2.05, 4.69) is 33.0 Å². The van der Waals surface area contributed by atoms with Gasteiger partial charge in [-0.2, -0.15) is 0 Å². The van der Waals surface area contributed by atoms with Gasteiger partial charge < -0.3 is 10.4 Å². The Balaban J connectivity index is 2.49. The van der Waals surface area contributed by atoms with Crippen molar-refractivity contribution in [3.63, 3.8) is 0 Å². The molecule has 1 aliphatic rings. The number of carbonyl (C=O) groups excluding carboxylic acids is 1. The summed E-state index contributed by atoms with van der Waals surface area (Å²) in [6.45, 7) is 8.27. The summed E-state index contributed by atoms with van der Waals surface area (Å²) in [7, 11) is 0. The maximum Gasteiger partial charge on any atom is 0.312 e. The molecule has 1 fully saturated rings. The Morgan fingerprint density at radius 1 is 1.21 bits per heavy atom. The van der Waals surface area contributed by atoms with Gasteiger partial charge >= 0.3 is 5.97 Å². The van der Waals surface area contributed by atoms with Crippen LogP contribution in [0.1, 0.15) is 34.1 Å². The highest BCUT2D eigenvalue weighted by atomic mass is 16.4. The third-order valence-corrected chi connectivity index (χ3v) is 3.64. The first kappa shape index (κ1) is 11.0. The van der Waals surface area contributed by atoms with E-state index < -0.39 is 18.3 Å². The van der Waals surface area contributed by atoms with Crippen molar-refractivity contribution in [1.29, 1.82) is 0 Å². The smallest absolute Gasteiger partial charge is 0.312 e. The van der Waals surface area contributed by atoms with Gasteiger partial charge in [0.05, 0.1) is 0 Å². The highest BCUT2D eigenvalue weighted by Crippen LogP contribution is 2.62. The molecule has 0 heterocycles. The zero-order chi connectivity index (χ0) is 11.1. The van der Waals surface area contributed by atoms with Crippen molar-refractivity contribution in [3.8, 4) is 0 Å². The van der Waals surface area contributed by atoms with Crippen molar-refractivity contribution in [1.82, 2.24) is 5.32 Å². The van der Waals surface area contributed by atoms with Crippen LogP contribution in [0.25, 0.3) is 0 Å². The van der Waals surface area contributed by atoms with Crippen LogP contribution in [0.4, 0.5) is 0 Å². The fourth-order valence-electron chi connectivity index (χ4n) is 1.91. The summed E-state index contributed by atoms with van der Waals surface area (Å²) in [5.41, 5.74) is 0.113. The van der Waals surface area contributed by atoms with Crippen molar-refractivity contribution >= 4 is 11.9 Å². The Morgan fingerprint density at radius 3 is 1.93 bits per heavy atom. The standard InChI is InChI=1S/C10H17NO3/c1-9(2)8(10(9,3)4)11-6(12)5-7(13)14/h8H,5H2,1-4H3,(H,11,12)(H,13,14). The fourth-order valence-corrected chi connectivity index (χ4v) is 1.91. The average Bonchev–Trinajstić information content (AvgIpc) is 2.30. The van der Waals surface area contributed by atoms with E-state index >= 15 is 0 Å². The van der Waals surface area contributed by atoms with Gasteiger partial charge in [0.15, 0.2) is 0 Å². The number of rotatable bonds is 3. The number of aliphatic carboxylic acids is 1. The van der Waals surface area contributed by atoms with Crippen molar-refractivity contribution in [2.24, 2.45) is 10.8 Å². The van der Waals surface area contributed by atoms with Crippen LogP contribution in [0, 0.1) is 10.8 Å². The second kappa shape index (κ2) is 2.97. The summed E-state index contributed by atoms with van der Waals surface area (Å²) in [5, 5.41) is 11.2. The Morgan fingerprint density at radius 2 is 1.64 bits per heavy atom. The van der Waals surface area contributed by atoms with Crippen LogP contribution in [-0.4, -0.2) is 23.0 Å². The number of carbonyl (C=O) groups is 2. The van der Waals surface area contributed by atoms with Gasteiger partial charge in [0.1, 0.15) is 6.42 Å². The predicted octanol–water partition coefficient (Wildman–Crippen LogP) is 1.01. The summed E-state index contributed by atoms with van der Waals surface area (Å²) >= 11 is 0. The van der Waals surface area contributed by atoms with Crippen LogP contribution in [0.3, 0.4) is 0 Å². The summed E-state index contributed by atoms with van der Waals surface area (Å²) in [6, 6.07) is 0.0850. The summed E-state index contributed by atoms with van der Waals surface area (Å²) in [5.74, 6) is -1.49. The molecule has 0 radical (unpaired) electrons. The molecule has 0 bridgehead atoms. The van der Waals surface area contributed by atoms with E-state index in [1.165, 1.54) is 0 Å². The minimum atomic E-state index is -1.08. The second-order valence-electron chi connectivity index (χ2n) is 5.01. The van der Waals surface area contributed by atoms with Gasteiger partial charge in [-0.15, -0.1) is 0 Å². The van der Waals surface area contributed by atoms with E-state index in [4.69, 9.17) is 5.11 Å². The molecule has 2 N–H and O–H groups in total. The van der Waals surface area contributed by atoms with E-state index in [-0.39, 0.29) is 16.9 Å². The molecule has 1 rings (SSSR count). The van der Waals surface area contributed by atoms with Crippen molar-refractivity contribution in [3.05, 3.63) is 0 Å². The molecule has 1 aliphatic carbocycles. The molecule has 0 spiro atoms. The lowest BCUT2D eigenvalue weighted by atomic mass is 10.0. The van der Waals surface area contributed by atoms with Gasteiger partial charge in [-0.25, -0.2) is 0 Å². The number of amides is 1. The first-order chi connectivity index (χ1) is 6.19. The summed E-state index contributed by atoms with van der Waals surface area (Å²) in [4.78, 5) is 21.5. The topological polar surface area (TPSA) is 66.4 Å². The molecular formula is C10H17NO3. The number of carboxylic acids is 1. The zero-order valence-electron chi connectivity index (χ0n) is 9.05. The lowest BCUT2D eigenvalue weighted by Crippen LogP contribution is -2.31. The largest absolute Gasteiger partial charge is 0.481 e. The first-order valence-electron chi connectivity index (χ1n) is 4.70. The van der Waals surface area contributed by atoms with Gasteiger partial charge in [-0.3, -0.25) is 9.59 Å². The van der Waals surface area contributed by atoms with Crippen molar-refractivity contribution < 1.29 is 14.7 Å². The van der Waals surface area contributed by atoms with E-state index in [1.807, 2.05) is 0 Å². The molecule has 0 unspecified atom stereocenters. The van der Waals surface area contributed by atoms with Crippen molar-refractivity contribution in [2.75, 3.05) is 0 Å². The van der Waals surface area contributed by atoms with Crippen LogP contribution in [0.15, 0.2) is 0 Å². The summed E-state index contributed by atoms with van der Waals surface area (Å²) in [6.07, 6.45) is -0.442. The minimum Gasteiger partial charge on any atom is -0.481 e. The van der Waals surface area contributed by atoms with Crippen LogP contribution < -0.4 is 5.32 Å². The molecule has 1 amide bonds. The van der Waals surface area contributed by atoms with Gasteiger partial charge in [0, 0.05) is 6.04 Å². The highest BCUT2D eigenvalue weighted by Gasteiger charge is 2.65. The number of carboxylic acid groups (broad SMARTS) is 1. The number of hydrogen-bond donors (Lipinski definition) is 2. The minimum absolute atomic E-state index is 0.0567. The lowest BCUT2D eigenvalue weighted by molar-refractivity contribution is -0.140. The molecule has 1 saturated carbocycles. The molecule has 0 aliphatic heterocycles. The second-order valence-corrected chi connectivity index (χ2v) is 5.01. The van der Waals surface area contributed by atoms with Gasteiger partial charge in [-0.1, -0.05) is 27.7 Å². The lowest BCUT2D eigenvalue weighted by Gasteiger charge is -2.04. The normalized spacial score (nSPS) is 22.9. The third-order valence-electron chi connectivity index (χ3n) is 3.64. The van der Waals surface area contributed by atoms with Crippen LogP contribution in [0.2, 0.25) is 0 Å². The number of nitrogens with one attached hydrogen (secondary N) is 1. The molecule has 14 heavy (non-hydrogen) atoms. The van der Waals surface area contributed by atoms with Crippen LogP contribution in [0.5, 0.6) is 0 Å². The molecule has 0 saturated heterocycles. The quantitative estimate of drug-likeness (QED) is 0.667. The van der Waals surface area contributed by atoms with E-state index in [9.17, 15) is 9.59 Å². The Kier molecular flexibility index (Phi) is 2.34. The Bertz CT molecular complexity index is 267. The molecule has 0 aromatic rings. The molecule has 0 atom stereocenters. The SMILES string of the molecule is CC1(C)C(NC(=O)CC(=O)O)C1(C)C. The van der Waals surface area contributed by atoms with Crippen LogP contribution >= 0.6 is 0 Å². The van der Waals surface area contributed by atoms with E-state index in [0.29, 0.717) is 0 Å². The van der Waals surface area contributed by atoms with Gasteiger partial charge in [-0.05, 0) is 10.8 Å². The van der Waals surface area contributed by atoms with E-state index in [1.54, 1.807) is 0 Å². The summed E-state index contributed by atoms with van der Waals surface area (Å²) < 4.78 is 0. The molecule has 0 aromatic carbocycles. The first-order valence-corrected chi connectivity index (χ1v) is 4.70. The third kappa shape index (κ3) is 1.61. The molecule has 80 valence electrons. The monoisotopic (exact) mass is 199 g/mol. The van der Waals surface area contributed by atoms with Crippen molar-refractivity contribution in [2.45, 2.75) is 40.2 Å². The molecular weight excluding hydrogens is 182 g/mol. The molecule has 0 aromatic heterocycles. The predicted molar refractivity (Wildman–Crippen MR) is 51.7 cm³/mol. The highest BCUT2D eigenvalue weighted by molar-refractivity contribution is 5.93. The zero-order valence-corrected chi connectivity index (χ0v) is 9.05. The van der Waals surface area contributed by atoms with Gasteiger partial charge in [0.2, 0.25) is 5.91 Å². The van der Waals surface area contributed by atoms with Crippen LogP contribution in [-0.2, 0) is 9.59 Å². The fraction of sp³-hybridized carbons (Fsp3) is 0.800. The number of hydrogen-bond acceptors (Lipinski definition) is 2. The van der Waals surface area contributed by atoms with Gasteiger partial charge in [0.25, 0.3) is 0 Å². The molecule has 4 heteroatoms. The maximum absolute atomic E-state index is 11.2. The molecule has 4 nitrogen and oxygen atoms in total.